The van der Waals surface area contributed by atoms with Crippen molar-refractivity contribution in [1.82, 2.24) is 4.90 Å². The van der Waals surface area contributed by atoms with Gasteiger partial charge in [0.1, 0.15) is 0 Å². The first-order chi connectivity index (χ1) is 12.9. The average Bonchev–Trinajstić information content (AvgIpc) is 2.66. The van der Waals surface area contributed by atoms with Crippen molar-refractivity contribution in [1.29, 1.82) is 0 Å². The molecule has 1 saturated heterocycles. The van der Waals surface area contributed by atoms with Gasteiger partial charge in [0, 0.05) is 43.1 Å². The lowest BCUT2D eigenvalue weighted by molar-refractivity contribution is 0.225. The van der Waals surface area contributed by atoms with Gasteiger partial charge in [0.05, 0.1) is 0 Å². The number of hydrogen-bond donors (Lipinski definition) is 1. The number of benzene rings is 1. The number of allylic oxidation sites excluding steroid dienone is 2. The van der Waals surface area contributed by atoms with E-state index in [-0.39, 0.29) is 12.4 Å². The number of hydrogen-bond acceptors (Lipinski definition) is 3. The van der Waals surface area contributed by atoms with E-state index in [4.69, 9.17) is 5.73 Å². The Hall–Kier alpha value is -1.19. The van der Waals surface area contributed by atoms with Crippen molar-refractivity contribution in [2.24, 2.45) is 11.3 Å². The minimum Gasteiger partial charge on any atom is -0.399 e. The maximum atomic E-state index is 6.18. The van der Waals surface area contributed by atoms with Gasteiger partial charge in [-0.15, -0.1) is 12.4 Å². The topological polar surface area (TPSA) is 32.5 Å². The second-order valence-electron chi connectivity index (χ2n) is 9.53. The first-order valence-corrected chi connectivity index (χ1v) is 10.9. The first kappa shape index (κ1) is 23.1. The first-order valence-electron chi connectivity index (χ1n) is 10.9. The summed E-state index contributed by atoms with van der Waals surface area (Å²) in [5.41, 5.74) is 11.8. The number of nitrogens with two attached hydrogens (primary N) is 1. The molecule has 3 nitrogen and oxygen atoms in total. The third-order valence-electron chi connectivity index (χ3n) is 6.54. The highest BCUT2D eigenvalue weighted by Gasteiger charge is 2.28. The summed E-state index contributed by atoms with van der Waals surface area (Å²) in [6.45, 7) is 15.2. The quantitative estimate of drug-likeness (QED) is 0.624. The molecule has 28 heavy (non-hydrogen) atoms. The predicted octanol–water partition coefficient (Wildman–Crippen LogP) is 5.84. The Bertz CT molecular complexity index is 654. The lowest BCUT2D eigenvalue weighted by Crippen LogP contribution is -2.46. The summed E-state index contributed by atoms with van der Waals surface area (Å²) in [4.78, 5) is 5.17. The maximum absolute atomic E-state index is 6.18. The smallest absolute Gasteiger partial charge is 0.0464 e. The van der Waals surface area contributed by atoms with Gasteiger partial charge in [-0.05, 0) is 61.3 Å². The van der Waals surface area contributed by atoms with Crippen molar-refractivity contribution in [3.8, 4) is 0 Å². The molecule has 1 aliphatic heterocycles. The number of piperazine rings is 1. The second-order valence-corrected chi connectivity index (χ2v) is 9.53. The van der Waals surface area contributed by atoms with Gasteiger partial charge in [-0.25, -0.2) is 0 Å². The molecule has 3 rings (SSSR count). The Labute approximate surface area is 178 Å². The molecule has 1 aromatic rings. The minimum absolute atomic E-state index is 0. The van der Waals surface area contributed by atoms with Gasteiger partial charge in [-0.2, -0.15) is 0 Å². The zero-order valence-corrected chi connectivity index (χ0v) is 19.2. The molecule has 158 valence electrons. The van der Waals surface area contributed by atoms with E-state index in [1.165, 1.54) is 68.6 Å². The van der Waals surface area contributed by atoms with Gasteiger partial charge in [-0.1, -0.05) is 46.3 Å². The number of anilines is 2. The van der Waals surface area contributed by atoms with Crippen LogP contribution in [0.1, 0.15) is 65.4 Å². The van der Waals surface area contributed by atoms with Gasteiger partial charge in [-0.3, -0.25) is 4.90 Å². The highest BCUT2D eigenvalue weighted by atomic mass is 35.5. The molecular formula is C24H40ClN3. The van der Waals surface area contributed by atoms with Crippen molar-refractivity contribution in [2.75, 3.05) is 43.4 Å². The molecule has 1 heterocycles. The summed E-state index contributed by atoms with van der Waals surface area (Å²) < 4.78 is 0. The fourth-order valence-corrected chi connectivity index (χ4v) is 4.54. The fourth-order valence-electron chi connectivity index (χ4n) is 4.54. The van der Waals surface area contributed by atoms with E-state index >= 15 is 0 Å². The normalized spacial score (nSPS) is 21.2. The molecule has 2 N–H and O–H groups in total. The monoisotopic (exact) mass is 405 g/mol. The molecule has 2 aliphatic rings. The Balaban J connectivity index is 0.00000280. The Morgan fingerprint density at radius 3 is 2.39 bits per heavy atom. The number of halogens is 1. The van der Waals surface area contributed by atoms with Crippen LogP contribution < -0.4 is 10.6 Å². The largest absolute Gasteiger partial charge is 0.399 e. The zero-order chi connectivity index (χ0) is 19.4. The molecule has 4 heteroatoms. The Morgan fingerprint density at radius 1 is 1.11 bits per heavy atom. The molecule has 1 unspecified atom stereocenters. The molecule has 0 aromatic heterocycles. The van der Waals surface area contributed by atoms with E-state index in [1.54, 1.807) is 0 Å². The maximum Gasteiger partial charge on any atom is 0.0464 e. The number of rotatable bonds is 5. The SMILES string of the molecule is CCCCN1CCN(c2cc(N)ccc2C2=CCC(C(C)(C)C)CC2)CC1.Cl. The number of nitrogens with zero attached hydrogens (tertiary/aromatic N) is 2. The summed E-state index contributed by atoms with van der Waals surface area (Å²) in [5, 5.41) is 0. The Morgan fingerprint density at radius 2 is 1.82 bits per heavy atom. The second kappa shape index (κ2) is 10.0. The van der Waals surface area contributed by atoms with Crippen LogP contribution in [0.3, 0.4) is 0 Å². The third kappa shape index (κ3) is 5.67. The van der Waals surface area contributed by atoms with E-state index in [0.29, 0.717) is 5.41 Å². The molecule has 0 radical (unpaired) electrons. The van der Waals surface area contributed by atoms with Crippen molar-refractivity contribution in [2.45, 2.75) is 59.8 Å². The lowest BCUT2D eigenvalue weighted by atomic mass is 9.72. The van der Waals surface area contributed by atoms with Crippen LogP contribution in [0.5, 0.6) is 0 Å². The van der Waals surface area contributed by atoms with Gasteiger partial charge in [0.15, 0.2) is 0 Å². The molecule has 0 spiro atoms. The summed E-state index contributed by atoms with van der Waals surface area (Å²) >= 11 is 0. The summed E-state index contributed by atoms with van der Waals surface area (Å²) in [6, 6.07) is 6.54. The Kier molecular flexibility index (Phi) is 8.27. The van der Waals surface area contributed by atoms with Crippen molar-refractivity contribution in [3.05, 3.63) is 29.8 Å². The third-order valence-corrected chi connectivity index (χ3v) is 6.54. The number of nitrogen functional groups attached to an aromatic ring is 1. The van der Waals surface area contributed by atoms with E-state index in [0.717, 1.165) is 24.7 Å². The molecule has 0 bridgehead atoms. The van der Waals surface area contributed by atoms with E-state index in [9.17, 15) is 0 Å². The van der Waals surface area contributed by atoms with Crippen LogP contribution in [-0.4, -0.2) is 37.6 Å². The molecule has 1 fully saturated rings. The van der Waals surface area contributed by atoms with E-state index in [1.807, 2.05) is 0 Å². The molecule has 0 amide bonds. The standard InChI is InChI=1S/C24H39N3.ClH/c1-5-6-13-26-14-16-27(17-15-26)23-18-21(25)11-12-22(23)19-7-9-20(10-8-19)24(2,3)4;/h7,11-12,18,20H,5-6,8-10,13-17,25H2,1-4H3;1H. The molecule has 1 aliphatic carbocycles. The van der Waals surface area contributed by atoms with Crippen LogP contribution >= 0.6 is 12.4 Å². The minimum atomic E-state index is 0. The molecule has 0 saturated carbocycles. The summed E-state index contributed by atoms with van der Waals surface area (Å²) in [6.07, 6.45) is 8.79. The van der Waals surface area contributed by atoms with Crippen LogP contribution in [0.4, 0.5) is 11.4 Å². The summed E-state index contributed by atoms with van der Waals surface area (Å²) in [7, 11) is 0. The van der Waals surface area contributed by atoms with Crippen LogP contribution in [-0.2, 0) is 0 Å². The van der Waals surface area contributed by atoms with Crippen molar-refractivity contribution in [3.63, 3.8) is 0 Å². The van der Waals surface area contributed by atoms with Crippen LogP contribution in [0.25, 0.3) is 5.57 Å². The molecule has 1 atom stereocenters. The predicted molar refractivity (Wildman–Crippen MR) is 126 cm³/mol. The van der Waals surface area contributed by atoms with Gasteiger partial charge < -0.3 is 10.6 Å². The molecular weight excluding hydrogens is 366 g/mol. The van der Waals surface area contributed by atoms with Crippen LogP contribution in [0.2, 0.25) is 0 Å². The number of unbranched alkanes of at least 4 members (excludes halogenated alkanes) is 1. The molecule has 1 aromatic carbocycles. The fraction of sp³-hybridized carbons (Fsp3) is 0.667. The average molecular weight is 406 g/mol. The highest BCUT2D eigenvalue weighted by Crippen LogP contribution is 2.42. The zero-order valence-electron chi connectivity index (χ0n) is 18.3. The van der Waals surface area contributed by atoms with E-state index in [2.05, 4.69) is 61.8 Å². The van der Waals surface area contributed by atoms with E-state index < -0.39 is 0 Å². The van der Waals surface area contributed by atoms with Crippen LogP contribution in [0, 0.1) is 11.3 Å². The highest BCUT2D eigenvalue weighted by molar-refractivity contribution is 5.85. The lowest BCUT2D eigenvalue weighted by Gasteiger charge is -2.38. The van der Waals surface area contributed by atoms with Gasteiger partial charge in [0.25, 0.3) is 0 Å². The summed E-state index contributed by atoms with van der Waals surface area (Å²) in [5.74, 6) is 0.792. The van der Waals surface area contributed by atoms with Gasteiger partial charge >= 0.3 is 0 Å². The van der Waals surface area contributed by atoms with Crippen molar-refractivity contribution >= 4 is 29.4 Å². The van der Waals surface area contributed by atoms with Crippen LogP contribution in [0.15, 0.2) is 24.3 Å². The van der Waals surface area contributed by atoms with Gasteiger partial charge in [0.2, 0.25) is 0 Å². The van der Waals surface area contributed by atoms with Crippen molar-refractivity contribution < 1.29 is 0 Å².